The van der Waals surface area contributed by atoms with Gasteiger partial charge in [0.15, 0.2) is 17.5 Å². The summed E-state index contributed by atoms with van der Waals surface area (Å²) in [6.07, 6.45) is 3.71. The Labute approximate surface area is 233 Å². The molecule has 1 aliphatic rings. The molecule has 0 radical (unpaired) electrons. The van der Waals surface area contributed by atoms with E-state index >= 15 is 0 Å². The maximum Gasteiger partial charge on any atom is 0.164 e. The van der Waals surface area contributed by atoms with Gasteiger partial charge in [0.25, 0.3) is 0 Å². The smallest absolute Gasteiger partial charge is 0.164 e. The lowest BCUT2D eigenvalue weighted by atomic mass is 10.1. The van der Waals surface area contributed by atoms with Crippen LogP contribution < -0.4 is 10.6 Å². The SMILES string of the molecule is N#CC1=CC(c2nc(-c3ccccc3)nc(-c3ccccc3)n2)=CC(C#N)=P1(c1ccccc1)c1ccccc1. The summed E-state index contributed by atoms with van der Waals surface area (Å²) in [5.74, 6) is 1.45. The summed E-state index contributed by atoms with van der Waals surface area (Å²) in [6, 6.07) is 44.1. The predicted molar refractivity (Wildman–Crippen MR) is 162 cm³/mol. The third kappa shape index (κ3) is 4.36. The minimum Gasteiger partial charge on any atom is -0.208 e. The number of nitriles is 2. The molecular weight excluding hydrogens is 509 g/mol. The minimum absolute atomic E-state index is 0.409. The molecule has 0 unspecified atom stereocenters. The molecule has 0 saturated carbocycles. The van der Waals surface area contributed by atoms with E-state index in [1.54, 1.807) is 0 Å². The molecule has 1 aromatic heterocycles. The molecule has 40 heavy (non-hydrogen) atoms. The predicted octanol–water partition coefficient (Wildman–Crippen LogP) is 6.37. The lowest BCUT2D eigenvalue weighted by Gasteiger charge is -2.31. The summed E-state index contributed by atoms with van der Waals surface area (Å²) in [6.45, 7) is -2.70. The molecule has 0 bridgehead atoms. The summed E-state index contributed by atoms with van der Waals surface area (Å²) >= 11 is 0. The zero-order chi connectivity index (χ0) is 27.4. The molecule has 0 N–H and O–H groups in total. The highest BCUT2D eigenvalue weighted by Crippen LogP contribution is 2.57. The average molecular weight is 532 g/mol. The number of hydrogen-bond acceptors (Lipinski definition) is 5. The van der Waals surface area contributed by atoms with E-state index in [0.29, 0.717) is 33.7 Å². The van der Waals surface area contributed by atoms with Crippen LogP contribution in [-0.4, -0.2) is 20.2 Å². The van der Waals surface area contributed by atoms with Crippen molar-refractivity contribution in [3.05, 3.63) is 145 Å². The highest BCUT2D eigenvalue weighted by Gasteiger charge is 2.34. The van der Waals surface area contributed by atoms with Crippen LogP contribution in [0.15, 0.2) is 139 Å². The van der Waals surface area contributed by atoms with E-state index in [1.807, 2.05) is 133 Å². The van der Waals surface area contributed by atoms with E-state index in [4.69, 9.17) is 15.0 Å². The first kappa shape index (κ1) is 25.0. The van der Waals surface area contributed by atoms with Gasteiger partial charge < -0.3 is 0 Å². The number of rotatable bonds is 5. The van der Waals surface area contributed by atoms with E-state index < -0.39 is 6.89 Å². The summed E-state index contributed by atoms with van der Waals surface area (Å²) in [5, 5.41) is 24.2. The molecule has 6 heteroatoms. The molecule has 0 fully saturated rings. The fourth-order valence-corrected chi connectivity index (χ4v) is 8.82. The van der Waals surface area contributed by atoms with Gasteiger partial charge in [-0.2, -0.15) is 10.5 Å². The van der Waals surface area contributed by atoms with Crippen LogP contribution in [0.5, 0.6) is 0 Å². The van der Waals surface area contributed by atoms with E-state index in [1.165, 1.54) is 0 Å². The highest BCUT2D eigenvalue weighted by molar-refractivity contribution is 7.93. The molecule has 0 spiro atoms. The topological polar surface area (TPSA) is 86.2 Å². The maximum atomic E-state index is 10.6. The first-order valence-corrected chi connectivity index (χ1v) is 14.5. The standard InChI is InChI=1S/C34H22N5P/c35-23-30-21-27(22-31(24-36)40(30,28-17-9-3-10-18-28)29-19-11-4-12-20-29)34-38-32(25-13-5-1-6-14-25)37-33(39-34)26-15-7-2-8-16-26/h1-22H. The first-order valence-electron chi connectivity index (χ1n) is 12.7. The molecular formula is C34H22N5P. The van der Waals surface area contributed by atoms with E-state index in [2.05, 4.69) is 12.1 Å². The number of nitrogens with zero attached hydrogens (tertiary/aromatic N) is 5. The molecule has 5 aromatic rings. The highest BCUT2D eigenvalue weighted by atomic mass is 31.2. The summed E-state index contributed by atoms with van der Waals surface area (Å²) in [4.78, 5) is 14.4. The van der Waals surface area contributed by atoms with Crippen LogP contribution in [0.1, 0.15) is 5.82 Å². The van der Waals surface area contributed by atoms with Crippen molar-refractivity contribution in [1.29, 1.82) is 10.5 Å². The third-order valence-corrected chi connectivity index (χ3v) is 10.8. The molecule has 0 atom stereocenters. The van der Waals surface area contributed by atoms with Gasteiger partial charge in [-0.3, -0.25) is 0 Å². The van der Waals surface area contributed by atoms with Crippen molar-refractivity contribution >= 4 is 28.4 Å². The van der Waals surface area contributed by atoms with Gasteiger partial charge in [0.05, 0.1) is 10.6 Å². The second-order valence-corrected chi connectivity index (χ2v) is 12.5. The Morgan fingerprint density at radius 1 is 0.475 bits per heavy atom. The van der Waals surface area contributed by atoms with Gasteiger partial charge in [0, 0.05) is 23.6 Å². The van der Waals surface area contributed by atoms with Crippen LogP contribution in [0.2, 0.25) is 0 Å². The second kappa shape index (κ2) is 10.8. The Hall–Kier alpha value is -5.35. The number of aromatic nitrogens is 3. The summed E-state index contributed by atoms with van der Waals surface area (Å²) < 4.78 is 0. The molecule has 188 valence electrons. The van der Waals surface area contributed by atoms with Gasteiger partial charge in [-0.25, -0.2) is 15.0 Å². The molecule has 1 aliphatic heterocycles. The normalized spacial score (nSPS) is 13.9. The van der Waals surface area contributed by atoms with Crippen LogP contribution in [0.25, 0.3) is 28.3 Å². The Kier molecular flexibility index (Phi) is 6.73. The molecule has 2 heterocycles. The van der Waals surface area contributed by atoms with Crippen LogP contribution in [0, 0.1) is 22.7 Å². The van der Waals surface area contributed by atoms with Crippen molar-refractivity contribution in [2.24, 2.45) is 0 Å². The molecule has 0 saturated heterocycles. The van der Waals surface area contributed by atoms with Crippen molar-refractivity contribution in [1.82, 2.24) is 15.0 Å². The molecule has 6 rings (SSSR count). The molecule has 4 aromatic carbocycles. The fraction of sp³-hybridized carbons (Fsp3) is 0. The van der Waals surface area contributed by atoms with Gasteiger partial charge in [-0.05, 0) is 22.8 Å². The summed E-state index contributed by atoms with van der Waals surface area (Å²) in [7, 11) is 0. The van der Waals surface area contributed by atoms with Crippen LogP contribution in [0.3, 0.4) is 0 Å². The van der Waals surface area contributed by atoms with Crippen molar-refractivity contribution in [2.75, 3.05) is 0 Å². The Morgan fingerprint density at radius 3 is 1.32 bits per heavy atom. The fourth-order valence-electron chi connectivity index (χ4n) is 4.95. The molecule has 0 aliphatic carbocycles. The van der Waals surface area contributed by atoms with Gasteiger partial charge in [0.2, 0.25) is 0 Å². The molecule has 0 amide bonds. The maximum absolute atomic E-state index is 10.6. The monoisotopic (exact) mass is 531 g/mol. The first-order chi connectivity index (χ1) is 19.7. The van der Waals surface area contributed by atoms with Crippen LogP contribution in [-0.2, 0) is 0 Å². The Morgan fingerprint density at radius 2 is 0.900 bits per heavy atom. The third-order valence-electron chi connectivity index (χ3n) is 6.78. The van der Waals surface area contributed by atoms with Crippen molar-refractivity contribution in [2.45, 2.75) is 0 Å². The summed E-state index contributed by atoms with van der Waals surface area (Å²) in [5.41, 5.74) is 2.31. The van der Waals surface area contributed by atoms with Gasteiger partial charge in [-0.1, -0.05) is 121 Å². The van der Waals surface area contributed by atoms with Crippen LogP contribution >= 0.6 is 6.89 Å². The number of allylic oxidation sites excluding steroid dienone is 4. The van der Waals surface area contributed by atoms with Gasteiger partial charge in [-0.15, -0.1) is 0 Å². The number of benzene rings is 4. The van der Waals surface area contributed by atoms with Crippen molar-refractivity contribution in [3.8, 4) is 34.9 Å². The average Bonchev–Trinajstić information content (AvgIpc) is 3.05. The Bertz CT molecular complexity index is 1800. The van der Waals surface area contributed by atoms with Crippen molar-refractivity contribution in [3.63, 3.8) is 0 Å². The zero-order valence-electron chi connectivity index (χ0n) is 21.4. The lowest BCUT2D eigenvalue weighted by molar-refractivity contribution is 1.04. The number of hydrogen-bond donors (Lipinski definition) is 0. The van der Waals surface area contributed by atoms with E-state index in [0.717, 1.165) is 21.7 Å². The minimum atomic E-state index is -2.70. The quantitative estimate of drug-likeness (QED) is 0.246. The largest absolute Gasteiger partial charge is 0.208 e. The van der Waals surface area contributed by atoms with Gasteiger partial charge >= 0.3 is 0 Å². The Balaban J connectivity index is 1.65. The van der Waals surface area contributed by atoms with Crippen molar-refractivity contribution < 1.29 is 0 Å². The zero-order valence-corrected chi connectivity index (χ0v) is 22.3. The van der Waals surface area contributed by atoms with Gasteiger partial charge in [0.1, 0.15) is 12.1 Å². The van der Waals surface area contributed by atoms with E-state index in [9.17, 15) is 10.5 Å². The van der Waals surface area contributed by atoms with E-state index in [-0.39, 0.29) is 0 Å². The van der Waals surface area contributed by atoms with Crippen LogP contribution in [0.4, 0.5) is 0 Å². The lowest BCUT2D eigenvalue weighted by Crippen LogP contribution is -2.24. The molecule has 5 nitrogen and oxygen atoms in total. The second-order valence-electron chi connectivity index (χ2n) is 9.12.